The highest BCUT2D eigenvalue weighted by atomic mass is 19.4. The van der Waals surface area contributed by atoms with Crippen molar-refractivity contribution in [2.45, 2.75) is 81.1 Å². The number of aromatic nitrogens is 6. The third kappa shape index (κ3) is 9.91. The normalized spacial score (nSPS) is 22.8. The molecule has 0 amide bonds. The van der Waals surface area contributed by atoms with Crippen LogP contribution in [0, 0.1) is 0 Å². The molecule has 0 aromatic carbocycles. The molecule has 3 atom stereocenters. The van der Waals surface area contributed by atoms with Crippen LogP contribution in [0.4, 0.5) is 70.3 Å². The van der Waals surface area contributed by atoms with E-state index >= 15 is 0 Å². The van der Waals surface area contributed by atoms with Gasteiger partial charge >= 0.3 is 12.4 Å². The second-order valence-electron chi connectivity index (χ2n) is 15.7. The lowest BCUT2D eigenvalue weighted by Gasteiger charge is -2.36. The van der Waals surface area contributed by atoms with E-state index < -0.39 is 35.9 Å². The second kappa shape index (κ2) is 16.6. The molecule has 0 aliphatic carbocycles. The number of halogens is 8. The van der Waals surface area contributed by atoms with Gasteiger partial charge in [0.15, 0.2) is 0 Å². The van der Waals surface area contributed by atoms with Crippen molar-refractivity contribution in [1.29, 1.82) is 0 Å². The lowest BCUT2D eigenvalue weighted by molar-refractivity contribution is -0.138. The summed E-state index contributed by atoms with van der Waals surface area (Å²) in [6.45, 7) is 3.79. The maximum Gasteiger partial charge on any atom is 0.416 e. The van der Waals surface area contributed by atoms with E-state index in [1.54, 1.807) is 12.1 Å². The first kappa shape index (κ1) is 40.8. The van der Waals surface area contributed by atoms with E-state index in [1.165, 1.54) is 4.90 Å². The molecular formula is C39H44F8N12. The fraction of sp³-hybridized carbons (Fsp3) is 0.538. The first-order chi connectivity index (χ1) is 28.1. The number of rotatable bonds is 10. The Bertz CT molecular complexity index is 2090. The Labute approximate surface area is 335 Å². The number of anilines is 6. The second-order valence-corrected chi connectivity index (χ2v) is 15.7. The smallest absolute Gasteiger partial charge is 0.336 e. The first-order valence-electron chi connectivity index (χ1n) is 19.9. The average molecular weight is 833 g/mol. The Balaban J connectivity index is 1.03. The van der Waals surface area contributed by atoms with Crippen molar-refractivity contribution in [3.8, 4) is 0 Å². The fourth-order valence-corrected chi connectivity index (χ4v) is 8.40. The first-order valence-corrected chi connectivity index (χ1v) is 19.9. The van der Waals surface area contributed by atoms with Gasteiger partial charge in [0.25, 0.3) is 5.92 Å². The number of piperidine rings is 2. The van der Waals surface area contributed by atoms with Crippen LogP contribution < -0.4 is 25.8 Å². The van der Waals surface area contributed by atoms with Crippen molar-refractivity contribution in [3.63, 3.8) is 0 Å². The molecule has 4 saturated heterocycles. The van der Waals surface area contributed by atoms with Crippen LogP contribution in [0.15, 0.2) is 48.8 Å². The average Bonchev–Trinajstić information content (AvgIpc) is 3.83. The number of hydrogen-bond donors (Lipinski definition) is 3. The van der Waals surface area contributed by atoms with Crippen molar-refractivity contribution in [1.82, 2.24) is 40.1 Å². The molecule has 3 unspecified atom stereocenters. The third-order valence-electron chi connectivity index (χ3n) is 11.3. The summed E-state index contributed by atoms with van der Waals surface area (Å²) in [4.78, 5) is 33.1. The molecule has 20 heteroatoms. The molecule has 8 rings (SSSR count). The van der Waals surface area contributed by atoms with Gasteiger partial charge in [-0.2, -0.15) is 36.3 Å². The van der Waals surface area contributed by atoms with Crippen LogP contribution in [-0.4, -0.2) is 99.1 Å². The Morgan fingerprint density at radius 2 is 1.31 bits per heavy atom. The third-order valence-corrected chi connectivity index (χ3v) is 11.3. The summed E-state index contributed by atoms with van der Waals surface area (Å²) in [5, 5.41) is 9.27. The molecule has 3 N–H and O–H groups in total. The maximum absolute atomic E-state index is 14.3. The van der Waals surface area contributed by atoms with Gasteiger partial charge in [0.2, 0.25) is 11.9 Å². The van der Waals surface area contributed by atoms with Crippen LogP contribution in [0.3, 0.4) is 0 Å². The summed E-state index contributed by atoms with van der Waals surface area (Å²) in [6.07, 6.45) is -2.17. The zero-order chi connectivity index (χ0) is 41.4. The van der Waals surface area contributed by atoms with Crippen LogP contribution in [0.2, 0.25) is 0 Å². The summed E-state index contributed by atoms with van der Waals surface area (Å²) in [5.74, 6) is -1.97. The predicted octanol–water partition coefficient (Wildman–Crippen LogP) is 7.74. The molecule has 4 aliphatic heterocycles. The number of nitrogens with one attached hydrogen (secondary N) is 3. The Morgan fingerprint density at radius 3 is 1.92 bits per heavy atom. The molecule has 0 bridgehead atoms. The van der Waals surface area contributed by atoms with E-state index in [1.807, 2.05) is 0 Å². The van der Waals surface area contributed by atoms with E-state index in [0.29, 0.717) is 37.1 Å². The van der Waals surface area contributed by atoms with E-state index in [0.717, 1.165) is 101 Å². The highest BCUT2D eigenvalue weighted by Crippen LogP contribution is 2.36. The quantitative estimate of drug-likeness (QED) is 0.136. The van der Waals surface area contributed by atoms with Gasteiger partial charge in [-0.1, -0.05) is 0 Å². The highest BCUT2D eigenvalue weighted by molar-refractivity contribution is 5.57. The minimum Gasteiger partial charge on any atom is -0.336 e. The molecule has 0 radical (unpaired) electrons. The predicted molar refractivity (Wildman–Crippen MR) is 205 cm³/mol. The van der Waals surface area contributed by atoms with E-state index in [-0.39, 0.29) is 54.2 Å². The van der Waals surface area contributed by atoms with Crippen molar-refractivity contribution >= 4 is 35.2 Å². The molecule has 4 aromatic heterocycles. The lowest BCUT2D eigenvalue weighted by Crippen LogP contribution is -2.45. The van der Waals surface area contributed by atoms with Crippen molar-refractivity contribution < 1.29 is 35.1 Å². The molecular weight excluding hydrogens is 788 g/mol. The van der Waals surface area contributed by atoms with E-state index in [4.69, 9.17) is 15.0 Å². The van der Waals surface area contributed by atoms with Gasteiger partial charge in [-0.05, 0) is 75.9 Å². The molecule has 8 heterocycles. The van der Waals surface area contributed by atoms with Gasteiger partial charge in [0, 0.05) is 81.5 Å². The monoisotopic (exact) mass is 832 g/mol. The summed E-state index contributed by atoms with van der Waals surface area (Å²) in [7, 11) is 0. The molecule has 316 valence electrons. The Kier molecular flexibility index (Phi) is 11.5. The number of likely N-dealkylation sites (tertiary alicyclic amines) is 1. The lowest BCUT2D eigenvalue weighted by atomic mass is 9.94. The van der Waals surface area contributed by atoms with Crippen LogP contribution in [0.25, 0.3) is 0 Å². The Morgan fingerprint density at radius 1 is 0.695 bits per heavy atom. The molecule has 59 heavy (non-hydrogen) atoms. The number of nitrogens with zero attached hydrogens (tertiary/aromatic N) is 9. The molecule has 12 nitrogen and oxygen atoms in total. The van der Waals surface area contributed by atoms with E-state index in [9.17, 15) is 35.1 Å². The number of alkyl halides is 8. The van der Waals surface area contributed by atoms with Crippen molar-refractivity contribution in [3.05, 3.63) is 71.3 Å². The zero-order valence-corrected chi connectivity index (χ0v) is 32.0. The Hall–Kier alpha value is -4.98. The standard InChI is InChI=1S/C39H44F8N12/c40-37(41)9-15-58(23-37)35-51-30(19-33(55-35)53-31-16-26(7-11-49-31)38(42,43)44)25-5-2-13-57(21-25)22-28-6-3-14-59(28)36-52-29(24-4-1-10-48-20-24)18-34(56-36)54-32-17-27(8-12-50-32)39(45,46)47/h7-8,11-12,16-19,24-25,28,48H,1-6,9-10,13-15,20-23H2,(H,49,51,53,55)(H,50,52,54,56). The van der Waals surface area contributed by atoms with Crippen molar-refractivity contribution in [2.24, 2.45) is 0 Å². The topological polar surface area (TPSA) is 123 Å². The summed E-state index contributed by atoms with van der Waals surface area (Å²) in [5.41, 5.74) is -0.337. The summed E-state index contributed by atoms with van der Waals surface area (Å²) in [6, 6.07) is 7.07. The summed E-state index contributed by atoms with van der Waals surface area (Å²) < 4.78 is 110. The largest absolute Gasteiger partial charge is 0.416 e. The van der Waals surface area contributed by atoms with Gasteiger partial charge in [-0.3, -0.25) is 0 Å². The van der Waals surface area contributed by atoms with Gasteiger partial charge in [-0.25, -0.2) is 28.7 Å². The number of hydrogen-bond acceptors (Lipinski definition) is 12. The van der Waals surface area contributed by atoms with Gasteiger partial charge in [0.1, 0.15) is 23.3 Å². The zero-order valence-electron chi connectivity index (χ0n) is 32.0. The van der Waals surface area contributed by atoms with Crippen LogP contribution in [-0.2, 0) is 12.4 Å². The van der Waals surface area contributed by atoms with Crippen molar-refractivity contribution in [2.75, 3.05) is 72.8 Å². The molecule has 4 aliphatic rings. The van der Waals surface area contributed by atoms with E-state index in [2.05, 4.69) is 40.7 Å². The van der Waals surface area contributed by atoms with Gasteiger partial charge < -0.3 is 30.7 Å². The van der Waals surface area contributed by atoms with Crippen LogP contribution in [0.1, 0.15) is 79.3 Å². The molecule has 0 saturated carbocycles. The van der Waals surface area contributed by atoms with Crippen LogP contribution in [0.5, 0.6) is 0 Å². The summed E-state index contributed by atoms with van der Waals surface area (Å²) >= 11 is 0. The highest BCUT2D eigenvalue weighted by Gasteiger charge is 2.40. The van der Waals surface area contributed by atoms with Gasteiger partial charge in [0.05, 0.1) is 29.1 Å². The van der Waals surface area contributed by atoms with Crippen LogP contribution >= 0.6 is 0 Å². The minimum atomic E-state index is -4.59. The number of pyridine rings is 2. The molecule has 0 spiro atoms. The molecule has 4 fully saturated rings. The fourth-order valence-electron chi connectivity index (χ4n) is 8.40. The maximum atomic E-state index is 14.3. The van der Waals surface area contributed by atoms with Gasteiger partial charge in [-0.15, -0.1) is 0 Å². The SMILES string of the molecule is FC1(F)CCN(c2nc(Nc3cc(C(F)(F)F)ccn3)cc(C3CCCN(CC4CCCN4c4nc(Nc5cc(C(F)(F)F)ccn5)cc(C5CCCNC5)n4)C3)n2)C1. The minimum absolute atomic E-state index is 0.0185. The molecule has 4 aromatic rings.